The minimum Gasteiger partial charge on any atom is -0.480 e. The predicted octanol–water partition coefficient (Wildman–Crippen LogP) is 4.24. The molecule has 0 spiro atoms. The average Bonchev–Trinajstić information content (AvgIpc) is 2.60. The van der Waals surface area contributed by atoms with Gasteiger partial charge in [0.05, 0.1) is 12.7 Å². The van der Waals surface area contributed by atoms with Gasteiger partial charge in [0.2, 0.25) is 5.88 Å². The van der Waals surface area contributed by atoms with Crippen LogP contribution in [0.25, 0.3) is 21.2 Å². The molecule has 0 fully saturated rings. The van der Waals surface area contributed by atoms with Gasteiger partial charge in [-0.15, -0.1) is 11.3 Å². The van der Waals surface area contributed by atoms with E-state index in [1.165, 1.54) is 11.2 Å². The van der Waals surface area contributed by atoms with Gasteiger partial charge in [-0.25, -0.2) is 9.97 Å². The number of hydrogen-bond donors (Lipinski definition) is 0. The molecule has 5 heteroatoms. The number of nitrogens with zero attached hydrogens (tertiary/aromatic N) is 2. The molecule has 0 saturated heterocycles. The Morgan fingerprint density at radius 3 is 2.92 bits per heavy atom. The highest BCUT2D eigenvalue weighted by Gasteiger charge is 2.28. The van der Waals surface area contributed by atoms with Crippen molar-refractivity contribution in [1.29, 1.82) is 0 Å². The summed E-state index contributed by atoms with van der Waals surface area (Å²) < 4.78 is 6.36. The predicted molar refractivity (Wildman–Crippen MR) is 101 cm³/mol. The molecular weight excluding hydrogens is 332 g/mol. The summed E-state index contributed by atoms with van der Waals surface area (Å²) in [4.78, 5) is 22.4. The van der Waals surface area contributed by atoms with Crippen LogP contribution in [-0.2, 0) is 12.8 Å². The molecule has 0 N–H and O–H groups in total. The molecule has 0 bridgehead atoms. The molecule has 4 nitrogen and oxygen atoms in total. The van der Waals surface area contributed by atoms with Crippen LogP contribution in [0.1, 0.15) is 30.7 Å². The lowest BCUT2D eigenvalue weighted by atomic mass is 9.77. The van der Waals surface area contributed by atoms with Crippen LogP contribution < -0.4 is 10.2 Å². The highest BCUT2D eigenvalue weighted by Crippen LogP contribution is 2.38. The van der Waals surface area contributed by atoms with Crippen molar-refractivity contribution in [1.82, 2.24) is 9.97 Å². The quantitative estimate of drug-likeness (QED) is 0.692. The molecule has 0 saturated carbocycles. The minimum absolute atomic E-state index is 0.196. The highest BCUT2D eigenvalue weighted by atomic mass is 32.1. The summed E-state index contributed by atoms with van der Waals surface area (Å²) in [5.74, 6) is 0.542. The average molecular weight is 352 g/mol. The molecule has 25 heavy (non-hydrogen) atoms. The van der Waals surface area contributed by atoms with Crippen molar-refractivity contribution in [2.75, 3.05) is 7.11 Å². The van der Waals surface area contributed by atoms with Gasteiger partial charge >= 0.3 is 0 Å². The molecule has 2 aromatic heterocycles. The molecule has 1 aromatic carbocycles. The van der Waals surface area contributed by atoms with Gasteiger partial charge in [-0.3, -0.25) is 4.79 Å². The summed E-state index contributed by atoms with van der Waals surface area (Å²) in [6, 6.07) is 5.94. The maximum Gasteiger partial charge on any atom is 0.224 e. The number of benzene rings is 1. The van der Waals surface area contributed by atoms with Gasteiger partial charge in [-0.1, -0.05) is 19.9 Å². The maximum atomic E-state index is 12.9. The number of methoxy groups -OCH3 is 1. The third kappa shape index (κ3) is 2.82. The normalized spacial score (nSPS) is 15.8. The second kappa shape index (κ2) is 5.92. The summed E-state index contributed by atoms with van der Waals surface area (Å²) in [5.41, 5.74) is 3.28. The fourth-order valence-corrected chi connectivity index (χ4v) is 5.01. The van der Waals surface area contributed by atoms with Gasteiger partial charge in [-0.05, 0) is 42.4 Å². The van der Waals surface area contributed by atoms with E-state index in [2.05, 4.69) is 29.9 Å². The van der Waals surface area contributed by atoms with Crippen molar-refractivity contribution >= 4 is 21.4 Å². The van der Waals surface area contributed by atoms with Crippen molar-refractivity contribution in [2.45, 2.75) is 33.1 Å². The summed E-state index contributed by atoms with van der Waals surface area (Å²) in [7, 11) is 1.60. The first kappa shape index (κ1) is 16.2. The van der Waals surface area contributed by atoms with E-state index in [1.54, 1.807) is 24.6 Å². The molecule has 2 heterocycles. The Balaban J connectivity index is 1.91. The number of rotatable bonds is 2. The molecular formula is C20H20N2O2S. The lowest BCUT2D eigenvalue weighted by molar-refractivity contribution is 0.318. The summed E-state index contributed by atoms with van der Waals surface area (Å²) in [6.45, 7) is 4.56. The van der Waals surface area contributed by atoms with Gasteiger partial charge in [0.1, 0.15) is 6.33 Å². The van der Waals surface area contributed by atoms with E-state index in [-0.39, 0.29) is 10.8 Å². The second-order valence-corrected chi connectivity index (χ2v) is 8.47. The minimum atomic E-state index is 0.196. The van der Waals surface area contributed by atoms with Gasteiger partial charge in [0.15, 0.2) is 5.43 Å². The topological polar surface area (TPSA) is 52.1 Å². The Kier molecular flexibility index (Phi) is 3.84. The first-order valence-electron chi connectivity index (χ1n) is 8.41. The Morgan fingerprint density at radius 1 is 1.28 bits per heavy atom. The molecule has 0 atom stereocenters. The zero-order valence-corrected chi connectivity index (χ0v) is 15.4. The standard InChI is InChI=1S/C20H20N2O2S/c1-20(2)7-6-14-17(9-20)25-16-8-12(4-5-13(16)18(14)23)15-10-21-11-22-19(15)24-3/h4-5,8,10-11H,6-7,9H2,1-3H3. The van der Waals surface area contributed by atoms with E-state index < -0.39 is 0 Å². The van der Waals surface area contributed by atoms with E-state index in [1.807, 2.05) is 12.1 Å². The molecule has 4 rings (SSSR count). The fourth-order valence-electron chi connectivity index (χ4n) is 3.51. The first-order chi connectivity index (χ1) is 12.0. The smallest absolute Gasteiger partial charge is 0.224 e. The monoisotopic (exact) mass is 352 g/mol. The van der Waals surface area contributed by atoms with Crippen molar-refractivity contribution in [3.63, 3.8) is 0 Å². The van der Waals surface area contributed by atoms with Crippen molar-refractivity contribution in [2.24, 2.45) is 5.41 Å². The maximum absolute atomic E-state index is 12.9. The summed E-state index contributed by atoms with van der Waals surface area (Å²) in [6.07, 6.45) is 6.15. The zero-order valence-electron chi connectivity index (χ0n) is 14.6. The van der Waals surface area contributed by atoms with Crippen LogP contribution in [0.3, 0.4) is 0 Å². The summed E-state index contributed by atoms with van der Waals surface area (Å²) >= 11 is 1.75. The molecule has 3 aromatic rings. The fraction of sp³-hybridized carbons (Fsp3) is 0.350. The number of hydrogen-bond acceptors (Lipinski definition) is 5. The molecule has 0 radical (unpaired) electrons. The van der Waals surface area contributed by atoms with E-state index in [0.717, 1.165) is 46.0 Å². The lowest BCUT2D eigenvalue weighted by Gasteiger charge is -2.30. The van der Waals surface area contributed by atoms with Crippen LogP contribution in [0.5, 0.6) is 5.88 Å². The summed E-state index contributed by atoms with van der Waals surface area (Å²) in [5, 5.41) is 0.808. The van der Waals surface area contributed by atoms with E-state index in [9.17, 15) is 4.79 Å². The van der Waals surface area contributed by atoms with Crippen molar-refractivity contribution in [3.05, 3.63) is 51.4 Å². The first-order valence-corrected chi connectivity index (χ1v) is 9.23. The van der Waals surface area contributed by atoms with Crippen LogP contribution in [0, 0.1) is 5.41 Å². The third-order valence-corrected chi connectivity index (χ3v) is 6.14. The van der Waals surface area contributed by atoms with Crippen LogP contribution >= 0.6 is 11.3 Å². The van der Waals surface area contributed by atoms with Crippen LogP contribution in [0.15, 0.2) is 35.5 Å². The van der Waals surface area contributed by atoms with Crippen LogP contribution in [0.2, 0.25) is 0 Å². The largest absolute Gasteiger partial charge is 0.480 e. The molecule has 0 amide bonds. The van der Waals surface area contributed by atoms with E-state index in [4.69, 9.17) is 4.74 Å². The van der Waals surface area contributed by atoms with Crippen LogP contribution in [-0.4, -0.2) is 17.1 Å². The Morgan fingerprint density at radius 2 is 2.12 bits per heavy atom. The van der Waals surface area contributed by atoms with E-state index in [0.29, 0.717) is 5.88 Å². The SMILES string of the molecule is COc1ncncc1-c1ccc2c(=O)c3c(sc2c1)CC(C)(C)CC3. The van der Waals surface area contributed by atoms with Gasteiger partial charge in [0.25, 0.3) is 0 Å². The third-order valence-electron chi connectivity index (χ3n) is 4.94. The van der Waals surface area contributed by atoms with Gasteiger partial charge in [0, 0.05) is 26.7 Å². The molecule has 0 aliphatic heterocycles. The number of fused-ring (bicyclic) bond motifs is 2. The second-order valence-electron chi connectivity index (χ2n) is 7.33. The molecule has 128 valence electrons. The Labute approximate surface area is 150 Å². The molecule has 1 aliphatic carbocycles. The van der Waals surface area contributed by atoms with Gasteiger partial charge in [-0.2, -0.15) is 0 Å². The lowest BCUT2D eigenvalue weighted by Crippen LogP contribution is -2.26. The Hall–Kier alpha value is -2.27. The highest BCUT2D eigenvalue weighted by molar-refractivity contribution is 7.18. The van der Waals surface area contributed by atoms with Gasteiger partial charge < -0.3 is 4.74 Å². The zero-order chi connectivity index (χ0) is 17.6. The van der Waals surface area contributed by atoms with Crippen molar-refractivity contribution in [3.8, 4) is 17.0 Å². The molecule has 0 unspecified atom stereocenters. The Bertz CT molecular complexity index is 1020. The van der Waals surface area contributed by atoms with Crippen LogP contribution in [0.4, 0.5) is 0 Å². The van der Waals surface area contributed by atoms with E-state index >= 15 is 0 Å². The number of ether oxygens (including phenoxy) is 1. The number of aromatic nitrogens is 2. The van der Waals surface area contributed by atoms with Crippen molar-refractivity contribution < 1.29 is 4.74 Å². The molecule has 1 aliphatic rings.